The van der Waals surface area contributed by atoms with Gasteiger partial charge in [-0.1, -0.05) is 378 Å². The number of rotatable bonds is 13. The molecule has 0 saturated heterocycles. The zero-order valence-corrected chi connectivity index (χ0v) is 92.4. The molecule has 0 aliphatic heterocycles. The lowest BCUT2D eigenvalue weighted by Gasteiger charge is -2.19. The van der Waals surface area contributed by atoms with Crippen molar-refractivity contribution >= 4 is 21.4 Å². The van der Waals surface area contributed by atoms with Gasteiger partial charge in [0.05, 0.1) is 22.9 Å². The molecule has 0 saturated carbocycles. The summed E-state index contributed by atoms with van der Waals surface area (Å²) in [6.07, 6.45) is 21.1. The number of nitrogens with zero attached hydrogens (tertiary/aromatic N) is 10. The maximum Gasteiger partial charge on any atom is 0.221 e. The molecule has 0 amide bonds. The van der Waals surface area contributed by atoms with Crippen LogP contribution in [0.25, 0.3) is 89.1 Å². The summed E-state index contributed by atoms with van der Waals surface area (Å²) in [5.41, 5.74) is 39.9. The van der Waals surface area contributed by atoms with Gasteiger partial charge in [0.25, 0.3) is 0 Å². The van der Waals surface area contributed by atoms with E-state index < -0.39 is 9.84 Å². The molecule has 144 heavy (non-hydrogen) atoms. The van der Waals surface area contributed by atoms with Crippen molar-refractivity contribution in [1.29, 1.82) is 0 Å². The van der Waals surface area contributed by atoms with Crippen molar-refractivity contribution in [3.8, 4) is 95.0 Å². The quantitative estimate of drug-likeness (QED) is 0.114. The van der Waals surface area contributed by atoms with Crippen LogP contribution in [-0.4, -0.2) is 76.2 Å². The third kappa shape index (κ3) is 35.1. The minimum Gasteiger partial charge on any atom is -0.475 e. The number of pyridine rings is 6. The fourth-order valence-electron chi connectivity index (χ4n) is 15.3. The predicted octanol–water partition coefficient (Wildman–Crippen LogP) is 31.9. The summed E-state index contributed by atoms with van der Waals surface area (Å²) >= 11 is 0. The highest BCUT2D eigenvalue weighted by Gasteiger charge is 2.23. The Morgan fingerprint density at radius 1 is 0.340 bits per heavy atom. The molecule has 15 nitrogen and oxygen atoms in total. The number of Topliss-reactive ketones (excluding diaryl/α,β-unsaturated/α-hetero) is 1. The predicted molar refractivity (Wildman–Crippen MR) is 606 cm³/mol. The summed E-state index contributed by atoms with van der Waals surface area (Å²) in [5.74, 6) is 1.39. The molecule has 0 aliphatic rings. The molecule has 16 aromatic rings. The van der Waals surface area contributed by atoms with Gasteiger partial charge in [0.2, 0.25) is 5.88 Å². The summed E-state index contributed by atoms with van der Waals surface area (Å²) in [6.45, 7) is 64.9. The number of aryl methyl sites for hydroxylation is 4. The average molecular weight is 1940 g/mol. The maximum atomic E-state index is 11.6. The molecule has 8 aromatic heterocycles. The zero-order valence-electron chi connectivity index (χ0n) is 91.6. The molecule has 16 heteroatoms. The second kappa shape index (κ2) is 49.4. The number of ether oxygens (including phenoxy) is 1. The van der Waals surface area contributed by atoms with Crippen LogP contribution in [0, 0.1) is 20.8 Å². The molecular formula is C128H155N11O4S. The fourth-order valence-corrected chi connectivity index (χ4v) is 15.9. The number of hydrogen-bond donors (Lipinski definition) is 1. The van der Waals surface area contributed by atoms with Crippen molar-refractivity contribution in [2.45, 2.75) is 268 Å². The van der Waals surface area contributed by atoms with Gasteiger partial charge in [-0.05, 0) is 222 Å². The SMILES string of the molecule is CC(=O)Cc1ccc(-c2ccc(C(C)(C)C)cc2)cn1.CC(C)(C)c1ccc(-c2ccc(N)nc2)cc1.CC(C)(C)c1ccc(-c2cncc(S(C)(=O)=O)c2)cc1.CC(C)(C)c1ccc(-c2cncnc2)cc1.CC(C)Oc1ncccc1-c1ccc(C(C)(C)C)cc1.Cc1ccc(-c2ccc(C(C)(C)C)cc2)cn1.Cc1cnn(C)c1-c1ccc(C(C)(C)C)cc1.Cc1ncccc1-c1ccc(C(C)(C)C)cc1. The first kappa shape index (κ1) is 114. The molecule has 0 atom stereocenters. The number of sulfone groups is 1. The molecule has 8 aromatic carbocycles. The number of benzene rings is 8. The highest BCUT2D eigenvalue weighted by atomic mass is 32.2. The average Bonchev–Trinajstić information content (AvgIpc) is 1.61. The minimum atomic E-state index is -3.23. The van der Waals surface area contributed by atoms with Gasteiger partial charge < -0.3 is 10.5 Å². The second-order valence-electron chi connectivity index (χ2n) is 45.5. The molecule has 0 spiro atoms. The van der Waals surface area contributed by atoms with E-state index in [9.17, 15) is 13.2 Å². The minimum absolute atomic E-state index is 0.103. The van der Waals surface area contributed by atoms with Crippen LogP contribution in [0.3, 0.4) is 0 Å². The summed E-state index contributed by atoms with van der Waals surface area (Å²) in [4.78, 5) is 44.8. The summed E-state index contributed by atoms with van der Waals surface area (Å²) in [6, 6.07) is 90.6. The summed E-state index contributed by atoms with van der Waals surface area (Å²) in [7, 11) is -1.24. The molecule has 0 fully saturated rings. The number of hydrogen-bond acceptors (Lipinski definition) is 14. The Kier molecular flexibility index (Phi) is 39.1. The first-order valence-corrected chi connectivity index (χ1v) is 51.6. The maximum absolute atomic E-state index is 11.6. The first-order valence-electron chi connectivity index (χ1n) is 49.7. The molecule has 0 bridgehead atoms. The van der Waals surface area contributed by atoms with E-state index in [-0.39, 0.29) is 60.1 Å². The van der Waals surface area contributed by atoms with Crippen molar-refractivity contribution in [3.63, 3.8) is 0 Å². The molecule has 0 radical (unpaired) electrons. The molecule has 0 unspecified atom stereocenters. The molecule has 752 valence electrons. The molecule has 0 aliphatic carbocycles. The number of anilines is 1. The van der Waals surface area contributed by atoms with Gasteiger partial charge in [0.1, 0.15) is 17.9 Å². The molecule has 8 heterocycles. The van der Waals surface area contributed by atoms with Crippen molar-refractivity contribution in [1.82, 2.24) is 49.7 Å². The standard InChI is InChI=1S/C18H21NO.C18H23NO.C16H19NO2S.2C16H19N.C15H20N2.C15H18N2.C14H16N2/c1-13(20)11-17-10-7-15(12-19-17)14-5-8-16(9-6-14)18(2,3)4;1-13(2)20-17-16(7-6-12-19-17)14-8-10-15(11-9-14)18(3,4)5;1-16(2,3)14-7-5-12(6-8-14)13-9-15(11-17-10-13)20(4,18)19;1-12-5-6-14(11-17-12)13-7-9-15(10-8-13)16(2,3)4;1-12-15(6-5-11-17-12)13-7-9-14(10-8-13)16(2,3)4;1-11-10-16-17(5)14(11)12-6-8-13(9-7-12)15(2,3)4;1-15(2,3)13-7-4-11(5-8-13)12-6-9-14(16)17-10-12;1-14(2,3)13-6-4-11(5-7-13)12-8-15-10-16-9-12/h5-10,12H,11H2,1-4H3;6-13H,1-5H3;5-11H,1-4H3;2*5-11H,1-4H3;6-10H,1-5H3;4-10H,1-3H3,(H2,16,17);4-10H,1-3H3. The van der Waals surface area contributed by atoms with Gasteiger partial charge in [-0.2, -0.15) is 5.10 Å². The third-order valence-electron chi connectivity index (χ3n) is 24.5. The van der Waals surface area contributed by atoms with Gasteiger partial charge in [0, 0.05) is 137 Å². The van der Waals surface area contributed by atoms with Gasteiger partial charge in [-0.25, -0.2) is 28.4 Å². The fraction of sp³-hybridized carbons (Fsp3) is 0.328. The molecule has 2 N–H and O–H groups in total. The van der Waals surface area contributed by atoms with Crippen LogP contribution in [0.4, 0.5) is 5.82 Å². The monoisotopic (exact) mass is 1940 g/mol. The van der Waals surface area contributed by atoms with Crippen LogP contribution in [0.1, 0.15) is 254 Å². The largest absolute Gasteiger partial charge is 0.475 e. The van der Waals surface area contributed by atoms with E-state index in [0.29, 0.717) is 18.1 Å². The van der Waals surface area contributed by atoms with E-state index in [1.54, 1.807) is 37.9 Å². The van der Waals surface area contributed by atoms with Gasteiger partial charge in [0.15, 0.2) is 9.84 Å². The summed E-state index contributed by atoms with van der Waals surface area (Å²) < 4.78 is 30.8. The van der Waals surface area contributed by atoms with Crippen LogP contribution in [-0.2, 0) is 71.4 Å². The van der Waals surface area contributed by atoms with Gasteiger partial charge >= 0.3 is 0 Å². The lowest BCUT2D eigenvalue weighted by atomic mass is 9.86. The van der Waals surface area contributed by atoms with Crippen molar-refractivity contribution in [2.75, 3.05) is 12.0 Å². The second-order valence-corrected chi connectivity index (χ2v) is 47.5. The lowest BCUT2D eigenvalue weighted by molar-refractivity contribution is -0.116. The van der Waals surface area contributed by atoms with E-state index in [0.717, 1.165) is 67.2 Å². The Bertz CT molecular complexity index is 6710. The Morgan fingerprint density at radius 3 is 0.979 bits per heavy atom. The van der Waals surface area contributed by atoms with E-state index in [1.807, 2.05) is 131 Å². The molecule has 16 rings (SSSR count). The normalized spacial score (nSPS) is 11.7. The zero-order chi connectivity index (χ0) is 106. The number of carbonyl (C=O) groups is 1. The Labute approximate surface area is 862 Å². The number of ketones is 1. The van der Waals surface area contributed by atoms with E-state index >= 15 is 0 Å². The highest BCUT2D eigenvalue weighted by molar-refractivity contribution is 7.90. The van der Waals surface area contributed by atoms with E-state index in [2.05, 4.69) is 418 Å². The Balaban J connectivity index is 0.000000184. The van der Waals surface area contributed by atoms with Crippen molar-refractivity contribution in [3.05, 3.63) is 396 Å². The van der Waals surface area contributed by atoms with Gasteiger partial charge in [-0.15, -0.1) is 0 Å². The number of nitrogens with two attached hydrogens (primary N) is 1. The van der Waals surface area contributed by atoms with Gasteiger partial charge in [-0.3, -0.25) is 29.4 Å². The number of carbonyl (C=O) groups excluding carboxylic acids is 1. The van der Waals surface area contributed by atoms with Crippen LogP contribution in [0.15, 0.2) is 334 Å². The first-order chi connectivity index (χ1) is 67.3. The number of aromatic nitrogens is 10. The van der Waals surface area contributed by atoms with Crippen molar-refractivity contribution in [2.24, 2.45) is 7.05 Å². The lowest BCUT2D eigenvalue weighted by Crippen LogP contribution is -2.10. The van der Waals surface area contributed by atoms with Crippen LogP contribution in [0.2, 0.25) is 0 Å². The third-order valence-corrected chi connectivity index (χ3v) is 25.6. The van der Waals surface area contributed by atoms with Crippen LogP contribution in [0.5, 0.6) is 5.88 Å². The number of nitrogen functional groups attached to an aromatic ring is 1. The van der Waals surface area contributed by atoms with Crippen LogP contribution < -0.4 is 10.5 Å². The molecular weight excluding hydrogens is 1790 g/mol. The highest BCUT2D eigenvalue weighted by Crippen LogP contribution is 2.37. The van der Waals surface area contributed by atoms with Crippen molar-refractivity contribution < 1.29 is 17.9 Å². The van der Waals surface area contributed by atoms with E-state index in [4.69, 9.17) is 10.5 Å². The summed E-state index contributed by atoms with van der Waals surface area (Å²) in [5, 5.41) is 4.28. The Hall–Kier alpha value is -13.8. The Morgan fingerprint density at radius 2 is 0.660 bits per heavy atom. The van der Waals surface area contributed by atoms with E-state index in [1.165, 1.54) is 102 Å². The van der Waals surface area contributed by atoms with Crippen LogP contribution >= 0.6 is 0 Å². The smallest absolute Gasteiger partial charge is 0.221 e. The topological polar surface area (TPSA) is 207 Å².